The minimum absolute atomic E-state index is 0.0995. The Hall–Kier alpha value is -2.48. The lowest BCUT2D eigenvalue weighted by molar-refractivity contribution is -0.139. The fourth-order valence-corrected chi connectivity index (χ4v) is 2.60. The maximum Gasteiger partial charge on any atom is 0.419 e. The first-order valence-electron chi connectivity index (χ1n) is 6.43. The van der Waals surface area contributed by atoms with Crippen LogP contribution in [0.2, 0.25) is 0 Å². The van der Waals surface area contributed by atoms with E-state index < -0.39 is 17.6 Å². The van der Waals surface area contributed by atoms with Crippen LogP contribution in [0.25, 0.3) is 10.6 Å². The van der Waals surface area contributed by atoms with Crippen LogP contribution in [-0.4, -0.2) is 9.97 Å². The van der Waals surface area contributed by atoms with E-state index in [4.69, 9.17) is 0 Å². The summed E-state index contributed by atoms with van der Waals surface area (Å²) in [5, 5.41) is 5.33. The van der Waals surface area contributed by atoms with E-state index in [1.54, 1.807) is 18.3 Å². The zero-order chi connectivity index (χ0) is 16.4. The lowest BCUT2D eigenvalue weighted by Crippen LogP contribution is -2.08. The number of anilines is 2. The summed E-state index contributed by atoms with van der Waals surface area (Å²) in [6.07, 6.45) is -1.58. The van der Waals surface area contributed by atoms with Crippen molar-refractivity contribution in [2.75, 3.05) is 5.32 Å². The minimum atomic E-state index is -4.75. The van der Waals surface area contributed by atoms with Gasteiger partial charge in [-0.25, -0.2) is 14.4 Å². The SMILES string of the molecule is Fc1ccc(Nc2cc(-c3nccs3)ccn2)cc1C(F)(F)F. The Balaban J connectivity index is 1.90. The molecule has 0 saturated carbocycles. The molecule has 0 fully saturated rings. The van der Waals surface area contributed by atoms with Crippen molar-refractivity contribution in [3.8, 4) is 10.6 Å². The van der Waals surface area contributed by atoms with Crippen molar-refractivity contribution >= 4 is 22.8 Å². The van der Waals surface area contributed by atoms with Gasteiger partial charge >= 0.3 is 6.18 Å². The topological polar surface area (TPSA) is 37.8 Å². The molecule has 2 aromatic heterocycles. The molecule has 3 nitrogen and oxygen atoms in total. The zero-order valence-corrected chi connectivity index (χ0v) is 12.2. The van der Waals surface area contributed by atoms with E-state index in [0.29, 0.717) is 11.9 Å². The van der Waals surface area contributed by atoms with Gasteiger partial charge in [-0.3, -0.25) is 0 Å². The fraction of sp³-hybridized carbons (Fsp3) is 0.0667. The fourth-order valence-electron chi connectivity index (χ4n) is 1.97. The molecule has 23 heavy (non-hydrogen) atoms. The van der Waals surface area contributed by atoms with Crippen molar-refractivity contribution in [1.82, 2.24) is 9.97 Å². The van der Waals surface area contributed by atoms with Crippen molar-refractivity contribution in [3.05, 3.63) is 59.5 Å². The van der Waals surface area contributed by atoms with Gasteiger partial charge in [0.05, 0.1) is 5.56 Å². The summed E-state index contributed by atoms with van der Waals surface area (Å²) in [6, 6.07) is 6.12. The summed E-state index contributed by atoms with van der Waals surface area (Å²) >= 11 is 1.43. The first-order valence-corrected chi connectivity index (χ1v) is 7.31. The number of alkyl halides is 3. The Bertz CT molecular complexity index is 816. The highest BCUT2D eigenvalue weighted by molar-refractivity contribution is 7.13. The average molecular weight is 339 g/mol. The normalized spacial score (nSPS) is 11.5. The first-order chi connectivity index (χ1) is 10.9. The molecular weight excluding hydrogens is 330 g/mol. The van der Waals surface area contributed by atoms with Crippen molar-refractivity contribution in [3.63, 3.8) is 0 Å². The minimum Gasteiger partial charge on any atom is -0.340 e. The Morgan fingerprint density at radius 2 is 1.83 bits per heavy atom. The molecule has 0 bridgehead atoms. The molecule has 0 unspecified atom stereocenters. The van der Waals surface area contributed by atoms with E-state index in [2.05, 4.69) is 15.3 Å². The van der Waals surface area contributed by atoms with Crippen LogP contribution in [-0.2, 0) is 6.18 Å². The molecule has 3 aromatic rings. The van der Waals surface area contributed by atoms with Gasteiger partial charge in [0.25, 0.3) is 0 Å². The Morgan fingerprint density at radius 1 is 1.00 bits per heavy atom. The smallest absolute Gasteiger partial charge is 0.340 e. The molecule has 0 aliphatic carbocycles. The number of hydrogen-bond donors (Lipinski definition) is 1. The summed E-state index contributed by atoms with van der Waals surface area (Å²) in [7, 11) is 0. The number of benzene rings is 1. The maximum atomic E-state index is 13.3. The third kappa shape index (κ3) is 3.48. The van der Waals surface area contributed by atoms with Gasteiger partial charge < -0.3 is 5.32 Å². The monoisotopic (exact) mass is 339 g/mol. The van der Waals surface area contributed by atoms with Crippen LogP contribution in [0.5, 0.6) is 0 Å². The summed E-state index contributed by atoms with van der Waals surface area (Å²) < 4.78 is 51.5. The summed E-state index contributed by atoms with van der Waals surface area (Å²) in [6.45, 7) is 0. The number of nitrogens with one attached hydrogen (secondary N) is 1. The number of hydrogen-bond acceptors (Lipinski definition) is 4. The number of rotatable bonds is 3. The Morgan fingerprint density at radius 3 is 2.52 bits per heavy atom. The highest BCUT2D eigenvalue weighted by Crippen LogP contribution is 2.33. The molecule has 1 N–H and O–H groups in total. The molecule has 0 spiro atoms. The second kappa shape index (κ2) is 5.96. The van der Waals surface area contributed by atoms with Crippen LogP contribution in [0, 0.1) is 5.82 Å². The van der Waals surface area contributed by atoms with E-state index in [9.17, 15) is 17.6 Å². The molecule has 0 aliphatic heterocycles. The molecule has 8 heteroatoms. The maximum absolute atomic E-state index is 13.3. The number of aromatic nitrogens is 2. The molecule has 0 aliphatic rings. The summed E-state index contributed by atoms with van der Waals surface area (Å²) in [5.41, 5.74) is -0.434. The van der Waals surface area contributed by atoms with Gasteiger partial charge in [-0.2, -0.15) is 13.2 Å². The number of nitrogens with zero attached hydrogens (tertiary/aromatic N) is 2. The Kier molecular flexibility index (Phi) is 3.99. The zero-order valence-electron chi connectivity index (χ0n) is 11.4. The van der Waals surface area contributed by atoms with Gasteiger partial charge in [-0.15, -0.1) is 11.3 Å². The first kappa shape index (κ1) is 15.4. The van der Waals surface area contributed by atoms with Crippen LogP contribution in [0.4, 0.5) is 29.1 Å². The third-order valence-corrected chi connectivity index (χ3v) is 3.81. The second-order valence-corrected chi connectivity index (χ2v) is 5.48. The van der Waals surface area contributed by atoms with Crippen LogP contribution in [0.15, 0.2) is 48.1 Å². The number of halogens is 4. The largest absolute Gasteiger partial charge is 0.419 e. The molecule has 0 radical (unpaired) electrons. The van der Waals surface area contributed by atoms with Gasteiger partial charge in [-0.1, -0.05) is 0 Å². The highest BCUT2D eigenvalue weighted by Gasteiger charge is 2.34. The second-order valence-electron chi connectivity index (χ2n) is 4.58. The van der Waals surface area contributed by atoms with Crippen LogP contribution >= 0.6 is 11.3 Å². The predicted octanol–water partition coefficient (Wildman–Crippen LogP) is 5.11. The molecule has 118 valence electrons. The summed E-state index contributed by atoms with van der Waals surface area (Å²) in [4.78, 5) is 8.21. The van der Waals surface area contributed by atoms with Gasteiger partial charge in [0.2, 0.25) is 0 Å². The predicted molar refractivity (Wildman–Crippen MR) is 80.0 cm³/mol. The van der Waals surface area contributed by atoms with Crippen molar-refractivity contribution < 1.29 is 17.6 Å². The molecule has 2 heterocycles. The number of thiazole rings is 1. The average Bonchev–Trinajstić information content (AvgIpc) is 3.03. The van der Waals surface area contributed by atoms with Gasteiger partial charge in [0, 0.05) is 29.0 Å². The molecule has 1 aromatic carbocycles. The highest BCUT2D eigenvalue weighted by atomic mass is 32.1. The van der Waals surface area contributed by atoms with Crippen molar-refractivity contribution in [1.29, 1.82) is 0 Å². The lowest BCUT2D eigenvalue weighted by Gasteiger charge is -2.11. The lowest BCUT2D eigenvalue weighted by atomic mass is 10.1. The molecule has 3 rings (SSSR count). The number of pyridine rings is 1. The quantitative estimate of drug-likeness (QED) is 0.674. The van der Waals surface area contributed by atoms with Gasteiger partial charge in [0.15, 0.2) is 0 Å². The van der Waals surface area contributed by atoms with E-state index in [1.807, 2.05) is 5.38 Å². The Labute approximate surface area is 132 Å². The summed E-state index contributed by atoms with van der Waals surface area (Å²) in [5.74, 6) is -0.968. The van der Waals surface area contributed by atoms with E-state index >= 15 is 0 Å². The van der Waals surface area contributed by atoms with Crippen LogP contribution in [0.3, 0.4) is 0 Å². The standard InChI is InChI=1S/C15H9F4N3S/c16-12-2-1-10(8-11(12)15(17,18)19)22-13-7-9(3-4-20-13)14-21-5-6-23-14/h1-8H,(H,20,22). The van der Waals surface area contributed by atoms with Crippen LogP contribution < -0.4 is 5.32 Å². The van der Waals surface area contributed by atoms with Gasteiger partial charge in [0.1, 0.15) is 16.6 Å². The van der Waals surface area contributed by atoms with Crippen molar-refractivity contribution in [2.24, 2.45) is 0 Å². The molecule has 0 atom stereocenters. The molecule has 0 amide bonds. The van der Waals surface area contributed by atoms with Gasteiger partial charge in [-0.05, 0) is 30.3 Å². The van der Waals surface area contributed by atoms with E-state index in [-0.39, 0.29) is 5.69 Å². The van der Waals surface area contributed by atoms with E-state index in [0.717, 1.165) is 16.6 Å². The molecule has 0 saturated heterocycles. The third-order valence-electron chi connectivity index (χ3n) is 2.98. The van der Waals surface area contributed by atoms with Crippen molar-refractivity contribution in [2.45, 2.75) is 6.18 Å². The molecular formula is C15H9F4N3S. The van der Waals surface area contributed by atoms with E-state index in [1.165, 1.54) is 23.6 Å². The van der Waals surface area contributed by atoms with Crippen LogP contribution in [0.1, 0.15) is 5.56 Å².